The lowest BCUT2D eigenvalue weighted by Crippen LogP contribution is -2.64. The largest absolute Gasteiger partial charge is 0.442 e. The number of nitrogens with zero attached hydrogens (tertiary/aromatic N) is 2. The van der Waals surface area contributed by atoms with E-state index in [2.05, 4.69) is 4.99 Å². The zero-order valence-electron chi connectivity index (χ0n) is 13.8. The van der Waals surface area contributed by atoms with E-state index in [1.54, 1.807) is 44.2 Å². The van der Waals surface area contributed by atoms with Gasteiger partial charge in [-0.1, -0.05) is 30.3 Å². The molecule has 1 aromatic carbocycles. The minimum Gasteiger partial charge on any atom is -0.316 e. The number of hydrogen-bond donors (Lipinski definition) is 1. The topological polar surface area (TPSA) is 61.8 Å². The monoisotopic (exact) mass is 353 g/mol. The lowest BCUT2D eigenvalue weighted by atomic mass is 10.1. The molecule has 1 unspecified atom stereocenters. The first-order valence-corrected chi connectivity index (χ1v) is 8.05. The van der Waals surface area contributed by atoms with Crippen molar-refractivity contribution >= 4 is 17.6 Å². The number of rotatable bonds is 4. The first kappa shape index (κ1) is 17.4. The maximum atomic E-state index is 13.9. The summed E-state index contributed by atoms with van der Waals surface area (Å²) in [5, 5.41) is 1.89. The Balaban J connectivity index is 2.11. The van der Waals surface area contributed by atoms with Crippen LogP contribution < -0.4 is 5.32 Å². The second-order valence-electron chi connectivity index (χ2n) is 6.54. The Hall–Kier alpha value is -2.38. The second kappa shape index (κ2) is 5.86. The van der Waals surface area contributed by atoms with Gasteiger partial charge in [-0.3, -0.25) is 14.5 Å². The molecule has 1 aliphatic heterocycles. The van der Waals surface area contributed by atoms with E-state index < -0.39 is 35.6 Å². The first-order valence-electron chi connectivity index (χ1n) is 8.05. The van der Waals surface area contributed by atoms with Crippen LogP contribution in [0.1, 0.15) is 32.3 Å². The van der Waals surface area contributed by atoms with Crippen LogP contribution >= 0.6 is 0 Å². The number of aliphatic imine (C=N–C) groups is 1. The number of amides is 2. The molecular weight excluding hydrogens is 335 g/mol. The van der Waals surface area contributed by atoms with Gasteiger partial charge in [-0.2, -0.15) is 13.2 Å². The van der Waals surface area contributed by atoms with Crippen LogP contribution in [0.4, 0.5) is 13.2 Å². The fourth-order valence-electron chi connectivity index (χ4n) is 2.76. The van der Waals surface area contributed by atoms with Gasteiger partial charge in [0.25, 0.3) is 5.91 Å². The minimum absolute atomic E-state index is 0.0889. The molecule has 0 saturated heterocycles. The Labute approximate surface area is 142 Å². The molecule has 1 atom stereocenters. The maximum absolute atomic E-state index is 13.9. The van der Waals surface area contributed by atoms with Crippen LogP contribution in [0.25, 0.3) is 0 Å². The van der Waals surface area contributed by atoms with Gasteiger partial charge in [0, 0.05) is 17.5 Å². The Morgan fingerprint density at radius 1 is 1.28 bits per heavy atom. The van der Waals surface area contributed by atoms with Crippen LogP contribution in [0.2, 0.25) is 0 Å². The zero-order valence-corrected chi connectivity index (χ0v) is 13.8. The SMILES string of the molecule is CC(C)N1C(=O)C(NC(=O)C2CC2)(C(F)(F)F)N=C1c1ccccc1. The summed E-state index contributed by atoms with van der Waals surface area (Å²) in [6.07, 6.45) is -3.99. The Morgan fingerprint density at radius 2 is 1.88 bits per heavy atom. The van der Waals surface area contributed by atoms with Gasteiger partial charge in [-0.25, -0.2) is 4.99 Å². The van der Waals surface area contributed by atoms with Gasteiger partial charge in [-0.05, 0) is 26.7 Å². The van der Waals surface area contributed by atoms with Crippen molar-refractivity contribution < 1.29 is 22.8 Å². The van der Waals surface area contributed by atoms with Crippen molar-refractivity contribution in [3.8, 4) is 0 Å². The third kappa shape index (κ3) is 2.89. The van der Waals surface area contributed by atoms with Crippen LogP contribution in [0.15, 0.2) is 35.3 Å². The molecule has 1 aromatic rings. The third-order valence-electron chi connectivity index (χ3n) is 4.24. The van der Waals surface area contributed by atoms with Crippen LogP contribution in [0.3, 0.4) is 0 Å². The van der Waals surface area contributed by atoms with Crippen LogP contribution in [0.5, 0.6) is 0 Å². The molecule has 2 aliphatic rings. The van der Waals surface area contributed by atoms with Gasteiger partial charge in [0.2, 0.25) is 5.91 Å². The van der Waals surface area contributed by atoms with E-state index in [1.165, 1.54) is 0 Å². The number of carbonyl (C=O) groups is 2. The van der Waals surface area contributed by atoms with Crippen molar-refractivity contribution in [2.45, 2.75) is 44.6 Å². The fourth-order valence-corrected chi connectivity index (χ4v) is 2.76. The van der Waals surface area contributed by atoms with E-state index in [4.69, 9.17) is 0 Å². The molecule has 0 spiro atoms. The molecule has 1 saturated carbocycles. The Morgan fingerprint density at radius 3 is 2.36 bits per heavy atom. The predicted molar refractivity (Wildman–Crippen MR) is 84.6 cm³/mol. The third-order valence-corrected chi connectivity index (χ3v) is 4.24. The number of carbonyl (C=O) groups excluding carboxylic acids is 2. The Bertz CT molecular complexity index is 726. The zero-order chi connectivity index (χ0) is 18.4. The van der Waals surface area contributed by atoms with Gasteiger partial charge < -0.3 is 5.32 Å². The number of benzene rings is 1. The highest BCUT2D eigenvalue weighted by atomic mass is 19.4. The summed E-state index contributed by atoms with van der Waals surface area (Å²) in [4.78, 5) is 29.5. The molecule has 1 aliphatic carbocycles. The van der Waals surface area contributed by atoms with E-state index in [-0.39, 0.29) is 5.84 Å². The molecule has 3 rings (SSSR count). The van der Waals surface area contributed by atoms with Gasteiger partial charge in [0.15, 0.2) is 0 Å². The molecule has 1 fully saturated rings. The number of alkyl halides is 3. The molecule has 1 heterocycles. The van der Waals surface area contributed by atoms with Gasteiger partial charge in [0.1, 0.15) is 5.84 Å². The maximum Gasteiger partial charge on any atom is 0.442 e. The summed E-state index contributed by atoms with van der Waals surface area (Å²) in [7, 11) is 0. The minimum atomic E-state index is -5.04. The van der Waals surface area contributed by atoms with Crippen LogP contribution in [-0.2, 0) is 9.59 Å². The lowest BCUT2D eigenvalue weighted by molar-refractivity contribution is -0.200. The number of halogens is 3. The van der Waals surface area contributed by atoms with E-state index in [0.717, 1.165) is 4.90 Å². The van der Waals surface area contributed by atoms with Crippen molar-refractivity contribution in [2.75, 3.05) is 0 Å². The highest BCUT2D eigenvalue weighted by molar-refractivity contribution is 6.16. The molecule has 0 radical (unpaired) electrons. The standard InChI is InChI=1S/C17H18F3N3O2/c1-10(2)23-13(11-6-4-3-5-7-11)21-16(15(23)25,17(18,19)20)22-14(24)12-8-9-12/h3-7,10,12H,8-9H2,1-2H3,(H,22,24). The lowest BCUT2D eigenvalue weighted by Gasteiger charge is -2.30. The van der Waals surface area contributed by atoms with E-state index in [9.17, 15) is 22.8 Å². The summed E-state index contributed by atoms with van der Waals surface area (Å²) < 4.78 is 41.6. The summed E-state index contributed by atoms with van der Waals surface area (Å²) >= 11 is 0. The van der Waals surface area contributed by atoms with Gasteiger partial charge >= 0.3 is 11.8 Å². The number of amidine groups is 1. The quantitative estimate of drug-likeness (QED) is 0.904. The van der Waals surface area contributed by atoms with Crippen LogP contribution in [0, 0.1) is 5.92 Å². The van der Waals surface area contributed by atoms with Crippen molar-refractivity contribution in [3.05, 3.63) is 35.9 Å². The summed E-state index contributed by atoms with van der Waals surface area (Å²) in [6.45, 7) is 3.21. The molecule has 1 N–H and O–H groups in total. The van der Waals surface area contributed by atoms with E-state index in [0.29, 0.717) is 18.4 Å². The summed E-state index contributed by atoms with van der Waals surface area (Å²) in [5.41, 5.74) is -2.88. The molecule has 2 amide bonds. The number of hydrogen-bond acceptors (Lipinski definition) is 3. The molecule has 25 heavy (non-hydrogen) atoms. The van der Waals surface area contributed by atoms with Crippen molar-refractivity contribution in [1.29, 1.82) is 0 Å². The van der Waals surface area contributed by atoms with E-state index >= 15 is 0 Å². The normalized spacial score (nSPS) is 23.8. The molecular formula is C17H18F3N3O2. The van der Waals surface area contributed by atoms with Crippen LogP contribution in [-0.4, -0.2) is 40.4 Å². The summed E-state index contributed by atoms with van der Waals surface area (Å²) in [6, 6.07) is 7.63. The van der Waals surface area contributed by atoms with Gasteiger partial charge in [0.05, 0.1) is 0 Å². The summed E-state index contributed by atoms with van der Waals surface area (Å²) in [5.74, 6) is -2.63. The van der Waals surface area contributed by atoms with Gasteiger partial charge in [-0.15, -0.1) is 0 Å². The highest BCUT2D eigenvalue weighted by Crippen LogP contribution is 2.40. The molecule has 5 nitrogen and oxygen atoms in total. The second-order valence-corrected chi connectivity index (χ2v) is 6.54. The molecule has 0 aromatic heterocycles. The number of nitrogens with one attached hydrogen (secondary N) is 1. The molecule has 134 valence electrons. The van der Waals surface area contributed by atoms with Crippen molar-refractivity contribution in [3.63, 3.8) is 0 Å². The smallest absolute Gasteiger partial charge is 0.316 e. The molecule has 8 heteroatoms. The van der Waals surface area contributed by atoms with Crippen molar-refractivity contribution in [2.24, 2.45) is 10.9 Å². The predicted octanol–water partition coefficient (Wildman–Crippen LogP) is 2.47. The average molecular weight is 353 g/mol. The fraction of sp³-hybridized carbons (Fsp3) is 0.471. The Kier molecular flexibility index (Phi) is 4.09. The first-order chi connectivity index (χ1) is 11.7. The van der Waals surface area contributed by atoms with Crippen molar-refractivity contribution in [1.82, 2.24) is 10.2 Å². The average Bonchev–Trinajstić information content (AvgIpc) is 3.33. The molecule has 0 bridgehead atoms. The highest BCUT2D eigenvalue weighted by Gasteiger charge is 2.67. The van der Waals surface area contributed by atoms with E-state index in [1.807, 2.05) is 5.32 Å².